The van der Waals surface area contributed by atoms with Crippen LogP contribution >= 0.6 is 0 Å². The molecule has 0 atom stereocenters. The number of nitrogens with two attached hydrogens (primary N) is 1. The normalized spacial score (nSPS) is 10.7. The van der Waals surface area contributed by atoms with Crippen molar-refractivity contribution < 1.29 is 9.85 Å². The third-order valence-corrected chi connectivity index (χ3v) is 2.80. The molecule has 2 rings (SSSR count). The van der Waals surface area contributed by atoms with Crippen LogP contribution in [0.25, 0.3) is 12.2 Å². The van der Waals surface area contributed by atoms with E-state index in [0.717, 1.165) is 11.6 Å². The van der Waals surface area contributed by atoms with Crippen molar-refractivity contribution in [3.05, 3.63) is 73.8 Å². The Morgan fingerprint density at radius 2 is 1.33 bits per heavy atom. The van der Waals surface area contributed by atoms with Gasteiger partial charge in [0.25, 0.3) is 0 Å². The number of nitrogens with zero attached hydrogens (tertiary/aromatic N) is 2. The van der Waals surface area contributed by atoms with E-state index < -0.39 is 21.2 Å². The lowest BCUT2D eigenvalue weighted by Crippen LogP contribution is -1.96. The summed E-state index contributed by atoms with van der Waals surface area (Å²) in [7, 11) is 0. The highest BCUT2D eigenvalue weighted by Crippen LogP contribution is 2.28. The van der Waals surface area contributed by atoms with Crippen molar-refractivity contribution in [2.75, 3.05) is 5.73 Å². The van der Waals surface area contributed by atoms with E-state index in [2.05, 4.69) is 0 Å². The quantitative estimate of drug-likeness (QED) is 0.401. The summed E-state index contributed by atoms with van der Waals surface area (Å²) in [6, 6.07) is 10.8. The van der Waals surface area contributed by atoms with Gasteiger partial charge >= 0.3 is 11.4 Å². The molecule has 2 N–H and O–H groups in total. The Bertz CT molecular complexity index is 723. The van der Waals surface area contributed by atoms with Crippen molar-refractivity contribution in [3.8, 4) is 0 Å². The number of nitro benzene ring substituents is 2. The molecule has 0 aliphatic heterocycles. The molecular weight excluding hydrogens is 274 g/mol. The number of benzene rings is 2. The zero-order chi connectivity index (χ0) is 15.4. The zero-order valence-corrected chi connectivity index (χ0v) is 10.8. The minimum Gasteiger partial charge on any atom is -0.399 e. The highest BCUT2D eigenvalue weighted by atomic mass is 16.6. The first-order valence-electron chi connectivity index (χ1n) is 5.94. The molecule has 21 heavy (non-hydrogen) atoms. The Balaban J connectivity index is 2.32. The molecular formula is C14H11N3O4. The second-order valence-corrected chi connectivity index (χ2v) is 4.26. The van der Waals surface area contributed by atoms with Crippen molar-refractivity contribution in [2.45, 2.75) is 0 Å². The molecule has 0 spiro atoms. The number of anilines is 1. The molecule has 2 aromatic carbocycles. The Labute approximate surface area is 119 Å². The monoisotopic (exact) mass is 285 g/mol. The van der Waals surface area contributed by atoms with Crippen LogP contribution in [0.15, 0.2) is 42.5 Å². The summed E-state index contributed by atoms with van der Waals surface area (Å²) in [4.78, 5) is 20.0. The lowest BCUT2D eigenvalue weighted by Gasteiger charge is -1.98. The van der Waals surface area contributed by atoms with Crippen LogP contribution < -0.4 is 5.73 Å². The van der Waals surface area contributed by atoms with Crippen LogP contribution in [0.2, 0.25) is 0 Å². The van der Waals surface area contributed by atoms with Crippen LogP contribution in [0.4, 0.5) is 17.1 Å². The van der Waals surface area contributed by atoms with E-state index in [-0.39, 0.29) is 0 Å². The largest absolute Gasteiger partial charge is 0.399 e. The molecule has 0 aliphatic carbocycles. The summed E-state index contributed by atoms with van der Waals surface area (Å²) >= 11 is 0. The maximum Gasteiger partial charge on any atom is 0.346 e. The number of nitrogen functional groups attached to an aromatic ring is 1. The van der Waals surface area contributed by atoms with Gasteiger partial charge in [0.1, 0.15) is 0 Å². The lowest BCUT2D eigenvalue weighted by molar-refractivity contribution is -0.422. The fourth-order valence-electron chi connectivity index (χ4n) is 1.74. The molecule has 0 fully saturated rings. The first-order valence-corrected chi connectivity index (χ1v) is 5.94. The van der Waals surface area contributed by atoms with Gasteiger partial charge in [0, 0.05) is 17.8 Å². The number of nitro groups is 2. The average Bonchev–Trinajstić information content (AvgIpc) is 2.46. The smallest absolute Gasteiger partial charge is 0.346 e. The molecule has 7 heteroatoms. The predicted octanol–water partition coefficient (Wildman–Crippen LogP) is 3.26. The highest BCUT2D eigenvalue weighted by Gasteiger charge is 2.23. The molecule has 0 aliphatic rings. The van der Waals surface area contributed by atoms with E-state index in [9.17, 15) is 20.2 Å². The second-order valence-electron chi connectivity index (χ2n) is 4.26. The summed E-state index contributed by atoms with van der Waals surface area (Å²) < 4.78 is 0. The average molecular weight is 285 g/mol. The molecule has 0 heterocycles. The Hall–Kier alpha value is -3.22. The SMILES string of the molecule is Nc1ccc(C=Cc2ccc([N+](=O)[O-])c([N+](=O)[O-])c2)cc1. The first kappa shape index (κ1) is 14.2. The van der Waals surface area contributed by atoms with Crippen LogP contribution in [0.5, 0.6) is 0 Å². The van der Waals surface area contributed by atoms with E-state index in [0.29, 0.717) is 11.3 Å². The Morgan fingerprint density at radius 3 is 1.90 bits per heavy atom. The van der Waals surface area contributed by atoms with Gasteiger partial charge < -0.3 is 5.73 Å². The third kappa shape index (κ3) is 3.41. The van der Waals surface area contributed by atoms with E-state index >= 15 is 0 Å². The van der Waals surface area contributed by atoms with E-state index in [1.165, 1.54) is 12.1 Å². The van der Waals surface area contributed by atoms with Gasteiger partial charge in [-0.15, -0.1) is 0 Å². The standard InChI is InChI=1S/C14H11N3O4/c15-12-6-3-10(4-7-12)1-2-11-5-8-13(16(18)19)14(9-11)17(20)21/h1-9H,15H2. The van der Waals surface area contributed by atoms with Gasteiger partial charge in [0.05, 0.1) is 9.85 Å². The zero-order valence-electron chi connectivity index (χ0n) is 10.8. The third-order valence-electron chi connectivity index (χ3n) is 2.80. The molecule has 0 bridgehead atoms. The van der Waals surface area contributed by atoms with Crippen LogP contribution in [-0.4, -0.2) is 9.85 Å². The van der Waals surface area contributed by atoms with Gasteiger partial charge in [-0.05, 0) is 29.3 Å². The van der Waals surface area contributed by atoms with Crippen LogP contribution in [-0.2, 0) is 0 Å². The van der Waals surface area contributed by atoms with Crippen molar-refractivity contribution >= 4 is 29.2 Å². The van der Waals surface area contributed by atoms with Gasteiger partial charge in [0.2, 0.25) is 0 Å². The van der Waals surface area contributed by atoms with Gasteiger partial charge in [-0.3, -0.25) is 20.2 Å². The summed E-state index contributed by atoms with van der Waals surface area (Å²) in [5.41, 5.74) is 6.52. The molecule has 0 aromatic heterocycles. The van der Waals surface area contributed by atoms with Crippen molar-refractivity contribution in [3.63, 3.8) is 0 Å². The topological polar surface area (TPSA) is 112 Å². The van der Waals surface area contributed by atoms with Gasteiger partial charge in [-0.2, -0.15) is 0 Å². The number of hydrogen-bond acceptors (Lipinski definition) is 5. The van der Waals surface area contributed by atoms with Crippen molar-refractivity contribution in [1.82, 2.24) is 0 Å². The van der Waals surface area contributed by atoms with Crippen LogP contribution in [0, 0.1) is 20.2 Å². The molecule has 0 saturated carbocycles. The second kappa shape index (κ2) is 5.83. The number of hydrogen-bond donors (Lipinski definition) is 1. The van der Waals surface area contributed by atoms with Crippen LogP contribution in [0.3, 0.4) is 0 Å². The lowest BCUT2D eigenvalue weighted by atomic mass is 10.1. The number of rotatable bonds is 4. The van der Waals surface area contributed by atoms with E-state index in [4.69, 9.17) is 5.73 Å². The summed E-state index contributed by atoms with van der Waals surface area (Å²) in [6.07, 6.45) is 3.38. The molecule has 0 radical (unpaired) electrons. The van der Waals surface area contributed by atoms with Gasteiger partial charge in [-0.1, -0.05) is 24.3 Å². The van der Waals surface area contributed by atoms with Crippen LogP contribution in [0.1, 0.15) is 11.1 Å². The maximum atomic E-state index is 10.9. The van der Waals surface area contributed by atoms with Gasteiger partial charge in [0.15, 0.2) is 0 Å². The summed E-state index contributed by atoms with van der Waals surface area (Å²) in [5.74, 6) is 0. The molecule has 7 nitrogen and oxygen atoms in total. The van der Waals surface area contributed by atoms with Gasteiger partial charge in [-0.25, -0.2) is 0 Å². The first-order chi connectivity index (χ1) is 9.97. The summed E-state index contributed by atoms with van der Waals surface area (Å²) in [6.45, 7) is 0. The minimum atomic E-state index is -0.772. The summed E-state index contributed by atoms with van der Waals surface area (Å²) in [5, 5.41) is 21.6. The van der Waals surface area contributed by atoms with Crippen molar-refractivity contribution in [2.24, 2.45) is 0 Å². The molecule has 0 amide bonds. The Morgan fingerprint density at radius 1 is 0.810 bits per heavy atom. The molecule has 2 aromatic rings. The molecule has 106 valence electrons. The molecule has 0 unspecified atom stereocenters. The molecule has 0 saturated heterocycles. The van der Waals surface area contributed by atoms with E-state index in [1.807, 2.05) is 0 Å². The Kier molecular flexibility index (Phi) is 3.94. The highest BCUT2D eigenvalue weighted by molar-refractivity contribution is 5.72. The maximum absolute atomic E-state index is 10.9. The van der Waals surface area contributed by atoms with E-state index in [1.54, 1.807) is 36.4 Å². The fraction of sp³-hybridized carbons (Fsp3) is 0. The van der Waals surface area contributed by atoms with Crippen molar-refractivity contribution in [1.29, 1.82) is 0 Å². The minimum absolute atomic E-state index is 0.504. The predicted molar refractivity (Wildman–Crippen MR) is 79.5 cm³/mol. The fourth-order valence-corrected chi connectivity index (χ4v) is 1.74.